The molecule has 3 atom stereocenters. The van der Waals surface area contributed by atoms with E-state index in [4.69, 9.17) is 34.8 Å². The van der Waals surface area contributed by atoms with Crippen LogP contribution in [0.15, 0.2) is 152 Å². The molecule has 0 aliphatic carbocycles. The van der Waals surface area contributed by atoms with Crippen LogP contribution in [0.3, 0.4) is 0 Å². The molecule has 0 fully saturated rings. The number of benzene rings is 3. The van der Waals surface area contributed by atoms with Crippen molar-refractivity contribution in [3.63, 3.8) is 0 Å². The summed E-state index contributed by atoms with van der Waals surface area (Å²) in [6.07, 6.45) is 17.8. The van der Waals surface area contributed by atoms with E-state index in [-0.39, 0.29) is 52.4 Å². The van der Waals surface area contributed by atoms with Crippen LogP contribution in [0, 0.1) is 20.8 Å². The monoisotopic (exact) mass is 1400 g/mol. The van der Waals surface area contributed by atoms with Gasteiger partial charge in [-0.3, -0.25) is 24.1 Å². The van der Waals surface area contributed by atoms with Gasteiger partial charge in [-0.05, 0) is 167 Å². The minimum absolute atomic E-state index is 0.0397. The molecule has 9 aromatic rings. The molecule has 0 bridgehead atoms. The van der Waals surface area contributed by atoms with Gasteiger partial charge in [0.15, 0.2) is 24.7 Å². The van der Waals surface area contributed by atoms with Gasteiger partial charge >= 0.3 is 0 Å². The van der Waals surface area contributed by atoms with Crippen molar-refractivity contribution < 1.29 is 39.6 Å². The Morgan fingerprint density at radius 2 is 0.851 bits per heavy atom. The Bertz CT molecular complexity index is 4420. The molecule has 0 aliphatic rings. The fraction of sp³-hybridized carbons (Fsp3) is 0.318. The zero-order valence-corrected chi connectivity index (χ0v) is 58.4. The Morgan fingerprint density at radius 3 is 1.17 bits per heavy atom. The summed E-state index contributed by atoms with van der Waals surface area (Å²) in [5.41, 5.74) is 8.87. The van der Waals surface area contributed by atoms with E-state index >= 15 is 0 Å². The molecule has 0 aliphatic heterocycles. The summed E-state index contributed by atoms with van der Waals surface area (Å²) in [5, 5.41) is 23.5. The Kier molecular flexibility index (Phi) is 25.4. The summed E-state index contributed by atoms with van der Waals surface area (Å²) in [6.45, 7) is 14.8. The molecule has 498 valence electrons. The van der Waals surface area contributed by atoms with Crippen molar-refractivity contribution in [3.8, 4) is 17.1 Å². The first-order chi connectivity index (χ1) is 44.5. The number of hydrogen-bond donors (Lipinski definition) is 4. The lowest BCUT2D eigenvalue weighted by atomic mass is 10.0. The Balaban J connectivity index is 0.000000200. The van der Waals surface area contributed by atoms with Gasteiger partial charge in [0, 0.05) is 46.1 Å². The van der Waals surface area contributed by atoms with Gasteiger partial charge in [-0.15, -0.1) is 0 Å². The minimum Gasteiger partial charge on any atom is -0.345 e. The smallest absolute Gasteiger partial charge is 0.255 e. The minimum atomic E-state index is -3.45. The topological polar surface area (TPSA) is 294 Å². The predicted octanol–water partition coefficient (Wildman–Crippen LogP) is 12.6. The summed E-state index contributed by atoms with van der Waals surface area (Å²) in [7, 11) is -10.0. The number of aromatic nitrogens is 9. The van der Waals surface area contributed by atoms with Crippen LogP contribution in [0.1, 0.15) is 162 Å². The second-order valence-corrected chi connectivity index (χ2v) is 30.3. The van der Waals surface area contributed by atoms with Gasteiger partial charge < -0.3 is 16.0 Å². The number of nitrogens with one attached hydrogen (secondary N) is 4. The highest BCUT2D eigenvalue weighted by molar-refractivity contribution is 7.92. The maximum atomic E-state index is 13.0. The third-order valence-electron chi connectivity index (χ3n) is 14.8. The van der Waals surface area contributed by atoms with E-state index in [1.165, 1.54) is 24.7 Å². The molecule has 9 rings (SSSR count). The highest BCUT2D eigenvalue weighted by Gasteiger charge is 2.26. The third-order valence-corrected chi connectivity index (χ3v) is 19.1. The Labute approximate surface area is 564 Å². The van der Waals surface area contributed by atoms with Crippen LogP contribution in [0.4, 0.5) is 5.82 Å². The molecule has 0 saturated heterocycles. The Morgan fingerprint density at radius 1 is 0.479 bits per heavy atom. The largest absolute Gasteiger partial charge is 0.345 e. The Hall–Kier alpha value is -8.33. The lowest BCUT2D eigenvalue weighted by Crippen LogP contribution is -2.29. The number of sulfone groups is 2. The van der Waals surface area contributed by atoms with E-state index in [1.54, 1.807) is 120 Å². The summed E-state index contributed by atoms with van der Waals surface area (Å²) < 4.78 is 78.0. The zero-order valence-electron chi connectivity index (χ0n) is 53.7. The van der Waals surface area contributed by atoms with Gasteiger partial charge in [-0.1, -0.05) is 87.0 Å². The second kappa shape index (κ2) is 32.7. The van der Waals surface area contributed by atoms with E-state index < -0.39 is 34.9 Å². The van der Waals surface area contributed by atoms with Crippen LogP contribution in [-0.4, -0.2) is 105 Å². The molecule has 22 nitrogen and oxygen atoms in total. The first kappa shape index (κ1) is 73.1. The number of amides is 3. The van der Waals surface area contributed by atoms with Crippen molar-refractivity contribution >= 4 is 88.0 Å². The predicted molar refractivity (Wildman–Crippen MR) is 367 cm³/mol. The summed E-state index contributed by atoms with van der Waals surface area (Å²) in [5.74, 6) is -0.597. The van der Waals surface area contributed by atoms with E-state index in [2.05, 4.69) is 50.9 Å². The number of carbonyl (C=O) groups is 3. The van der Waals surface area contributed by atoms with Gasteiger partial charge in [0.1, 0.15) is 5.82 Å². The van der Waals surface area contributed by atoms with Crippen molar-refractivity contribution in [2.45, 2.75) is 128 Å². The van der Waals surface area contributed by atoms with Crippen LogP contribution < -0.4 is 20.7 Å². The van der Waals surface area contributed by atoms with E-state index in [9.17, 15) is 39.6 Å². The number of pyridine rings is 3. The number of rotatable bonds is 24. The summed E-state index contributed by atoms with van der Waals surface area (Å²) in [4.78, 5) is 51.5. The van der Waals surface area contributed by atoms with Gasteiger partial charge in [0.2, 0.25) is 10.0 Å². The zero-order chi connectivity index (χ0) is 68.7. The molecule has 94 heavy (non-hydrogen) atoms. The molecule has 6 aromatic heterocycles. The maximum Gasteiger partial charge on any atom is 0.255 e. The van der Waals surface area contributed by atoms with Crippen LogP contribution >= 0.6 is 34.8 Å². The first-order valence-corrected chi connectivity index (χ1v) is 36.7. The maximum absolute atomic E-state index is 13.0. The molecule has 0 saturated carbocycles. The van der Waals surface area contributed by atoms with Crippen molar-refractivity contribution in [1.82, 2.24) is 60.2 Å². The quantitative estimate of drug-likeness (QED) is 0.0437. The van der Waals surface area contributed by atoms with Crippen molar-refractivity contribution in [2.75, 3.05) is 17.2 Å². The first-order valence-electron chi connectivity index (χ1n) is 30.1. The molecule has 28 heteroatoms. The summed E-state index contributed by atoms with van der Waals surface area (Å²) >= 11 is 17.9. The van der Waals surface area contributed by atoms with E-state index in [0.29, 0.717) is 73.7 Å². The molecule has 3 unspecified atom stereocenters. The van der Waals surface area contributed by atoms with Crippen molar-refractivity contribution in [2.24, 2.45) is 0 Å². The van der Waals surface area contributed by atoms with Crippen LogP contribution in [0.5, 0.6) is 0 Å². The lowest BCUT2D eigenvalue weighted by molar-refractivity contribution is 0.0925. The van der Waals surface area contributed by atoms with Gasteiger partial charge in [-0.2, -0.15) is 15.3 Å². The van der Waals surface area contributed by atoms with Crippen molar-refractivity contribution in [3.05, 3.63) is 218 Å². The van der Waals surface area contributed by atoms with Crippen LogP contribution in [0.2, 0.25) is 15.1 Å². The number of anilines is 1. The fourth-order valence-corrected chi connectivity index (χ4v) is 12.5. The molecule has 0 spiro atoms. The number of nitrogens with zero attached hydrogens (tertiary/aromatic N) is 9. The number of carbonyl (C=O) groups excluding carboxylic acids is 3. The van der Waals surface area contributed by atoms with Gasteiger partial charge in [0.25, 0.3) is 17.7 Å². The number of sulfonamides is 1. The molecule has 3 aromatic carbocycles. The lowest BCUT2D eigenvalue weighted by Gasteiger charge is -2.19. The van der Waals surface area contributed by atoms with Crippen LogP contribution in [0.25, 0.3) is 17.1 Å². The molecule has 3 amide bonds. The van der Waals surface area contributed by atoms with E-state index in [1.807, 2.05) is 77.9 Å². The number of hydrogen-bond acceptors (Lipinski definition) is 15. The number of halogens is 3. The van der Waals surface area contributed by atoms with Gasteiger partial charge in [-0.25, -0.2) is 49.3 Å². The second-order valence-electron chi connectivity index (χ2n) is 22.6. The fourth-order valence-electron chi connectivity index (χ4n) is 9.92. The van der Waals surface area contributed by atoms with E-state index in [0.717, 1.165) is 59.3 Å². The molecular formula is C66H76Cl3N13O9S3. The highest BCUT2D eigenvalue weighted by Crippen LogP contribution is 2.27. The standard InChI is InChI=1S/C23H27ClN4O3S.C22H25ClN4O3S.C21H24ClN5O3S/c1-5-6-21(17-7-12-22(25-13-17)32(30,31)15(2)3)27-23(29)20-14-26-28(16(20)4)19-10-8-18(24)9-11-19;1-4-5-21(17-10-16(11-24-12-17)14-31(3,29)30)26-22(28)20-13-25-27(15(20)2)19-8-6-18(23)7-9-19;1-4-5-19(15-6-11-20(23-12-15)26-31(3,29)30)25-21(28)18-13-24-27(14(18)2)17-9-7-16(22)8-10-17/h7-15,21H,5-6H2,1-4H3,(H,27,29);6-13,21H,4-5,14H2,1-3H3,(H,26,28);6-13,19H,4-5H2,1-3H3,(H,23,26)(H,25,28). The molecule has 0 radical (unpaired) electrons. The molecule has 4 N–H and O–H groups in total. The van der Waals surface area contributed by atoms with Crippen LogP contribution in [-0.2, 0) is 35.5 Å². The molecular weight excluding hydrogens is 1320 g/mol. The SMILES string of the molecule is CCCC(NC(=O)c1cnn(-c2ccc(Cl)cc2)c1C)c1ccc(NS(C)(=O)=O)nc1.CCCC(NC(=O)c1cnn(-c2ccc(Cl)cc2)c1C)c1ccc(S(=O)(=O)C(C)C)nc1.CCCC(NC(=O)c1cnn(-c2ccc(Cl)cc2)c1C)c1cncc(CS(C)(=O)=O)c1. The average molecular weight is 1400 g/mol. The molecule has 6 heterocycles. The van der Waals surface area contributed by atoms with Crippen molar-refractivity contribution in [1.29, 1.82) is 0 Å². The van der Waals surface area contributed by atoms with Gasteiger partial charge in [0.05, 0.1) is 105 Å². The third kappa shape index (κ3) is 19.9. The normalized spacial score (nSPS) is 12.5. The summed E-state index contributed by atoms with van der Waals surface area (Å²) in [6, 6.07) is 29.1. The average Bonchev–Trinajstić information content (AvgIpc) is 1.60. The highest BCUT2D eigenvalue weighted by atomic mass is 35.5.